The third kappa shape index (κ3) is 3.96. The minimum atomic E-state index is 0.0363. The molecular formula is C17H23N7O. The number of nitrogens with one attached hydrogen (secondary N) is 2. The number of aliphatic imine (C=N–C) groups is 1. The maximum atomic E-state index is 12.6. The maximum Gasteiger partial charge on any atom is 0.246 e. The lowest BCUT2D eigenvalue weighted by atomic mass is 10.2. The Morgan fingerprint density at radius 3 is 2.92 bits per heavy atom. The number of carbonyl (C=O) groups excluding carboxylic acids is 1. The zero-order chi connectivity index (χ0) is 17.6. The van der Waals surface area contributed by atoms with Crippen molar-refractivity contribution in [3.63, 3.8) is 0 Å². The fourth-order valence-corrected chi connectivity index (χ4v) is 2.81. The summed E-state index contributed by atoms with van der Waals surface area (Å²) in [6.07, 6.45) is 2.40. The minimum absolute atomic E-state index is 0.0363. The second-order valence-corrected chi connectivity index (χ2v) is 5.77. The van der Waals surface area contributed by atoms with E-state index in [1.165, 1.54) is 11.9 Å². The van der Waals surface area contributed by atoms with Crippen LogP contribution in [0.5, 0.6) is 0 Å². The van der Waals surface area contributed by atoms with Gasteiger partial charge < -0.3 is 15.5 Å². The van der Waals surface area contributed by atoms with E-state index in [1.807, 2.05) is 37.1 Å². The van der Waals surface area contributed by atoms with Gasteiger partial charge in [-0.25, -0.2) is 9.98 Å². The second-order valence-electron chi connectivity index (χ2n) is 5.77. The Kier molecular flexibility index (Phi) is 5.27. The van der Waals surface area contributed by atoms with Gasteiger partial charge in [0, 0.05) is 25.8 Å². The number of hydrogen-bond donors (Lipinski definition) is 2. The molecule has 1 aliphatic rings. The zero-order valence-corrected chi connectivity index (χ0v) is 14.6. The summed E-state index contributed by atoms with van der Waals surface area (Å²) in [5, 5.41) is 10.3. The lowest BCUT2D eigenvalue weighted by molar-refractivity contribution is -0.117. The summed E-state index contributed by atoms with van der Waals surface area (Å²) in [6.45, 7) is 4.02. The molecule has 2 N–H and O–H groups in total. The Balaban J connectivity index is 1.60. The lowest BCUT2D eigenvalue weighted by Gasteiger charge is -2.18. The van der Waals surface area contributed by atoms with Crippen LogP contribution in [-0.2, 0) is 24.8 Å². The molecule has 0 saturated heterocycles. The predicted molar refractivity (Wildman–Crippen MR) is 96.3 cm³/mol. The molecule has 132 valence electrons. The number of carbonyl (C=O) groups is 1. The van der Waals surface area contributed by atoms with Gasteiger partial charge in [0.2, 0.25) is 5.91 Å². The molecule has 0 radical (unpaired) electrons. The molecule has 0 saturated carbocycles. The molecule has 1 amide bonds. The van der Waals surface area contributed by atoms with Crippen molar-refractivity contribution in [2.24, 2.45) is 12.0 Å². The summed E-state index contributed by atoms with van der Waals surface area (Å²) in [4.78, 5) is 23.0. The highest BCUT2D eigenvalue weighted by Gasteiger charge is 2.23. The highest BCUT2D eigenvalue weighted by Crippen LogP contribution is 2.27. The van der Waals surface area contributed by atoms with Gasteiger partial charge in [0.05, 0.1) is 6.54 Å². The first-order chi connectivity index (χ1) is 12.2. The molecule has 25 heavy (non-hydrogen) atoms. The number of anilines is 1. The van der Waals surface area contributed by atoms with Gasteiger partial charge in [-0.2, -0.15) is 5.10 Å². The van der Waals surface area contributed by atoms with E-state index < -0.39 is 0 Å². The molecule has 0 atom stereocenters. The van der Waals surface area contributed by atoms with Crippen LogP contribution in [-0.4, -0.2) is 46.3 Å². The molecule has 2 heterocycles. The van der Waals surface area contributed by atoms with Crippen molar-refractivity contribution < 1.29 is 4.79 Å². The molecule has 0 spiro atoms. The molecule has 0 aliphatic carbocycles. The first-order valence-electron chi connectivity index (χ1n) is 8.42. The van der Waals surface area contributed by atoms with E-state index >= 15 is 0 Å². The molecule has 1 aromatic carbocycles. The average Bonchev–Trinajstić information content (AvgIpc) is 3.23. The molecule has 1 aromatic heterocycles. The number of aromatic nitrogens is 3. The second kappa shape index (κ2) is 7.78. The molecule has 8 nitrogen and oxygen atoms in total. The third-order valence-electron chi connectivity index (χ3n) is 4.12. The van der Waals surface area contributed by atoms with E-state index in [-0.39, 0.29) is 12.5 Å². The standard InChI is InChI=1S/C17H23N7O/c1-3-18-17(19-10-15-21-12-22-23(15)2)20-11-16(25)24-9-8-13-6-4-5-7-14(13)24/h4-7,12H,3,8-11H2,1-2H3,(H2,18,19,20). The topological polar surface area (TPSA) is 87.4 Å². The Bertz CT molecular complexity index is 768. The van der Waals surface area contributed by atoms with Gasteiger partial charge in [-0.15, -0.1) is 0 Å². The fraction of sp³-hybridized carbons (Fsp3) is 0.412. The lowest BCUT2D eigenvalue weighted by Crippen LogP contribution is -2.44. The van der Waals surface area contributed by atoms with E-state index in [0.29, 0.717) is 19.0 Å². The number of fused-ring (bicyclic) bond motifs is 1. The number of benzene rings is 1. The van der Waals surface area contributed by atoms with Crippen LogP contribution in [0.2, 0.25) is 0 Å². The van der Waals surface area contributed by atoms with E-state index in [9.17, 15) is 4.79 Å². The molecule has 0 unspecified atom stereocenters. The van der Waals surface area contributed by atoms with Crippen LogP contribution < -0.4 is 15.5 Å². The summed E-state index contributed by atoms with van der Waals surface area (Å²) in [7, 11) is 1.83. The normalized spacial score (nSPS) is 13.7. The monoisotopic (exact) mass is 341 g/mol. The maximum absolute atomic E-state index is 12.6. The largest absolute Gasteiger partial charge is 0.357 e. The van der Waals surface area contributed by atoms with Crippen LogP contribution in [0.4, 0.5) is 5.69 Å². The number of nitrogens with zero attached hydrogens (tertiary/aromatic N) is 5. The van der Waals surface area contributed by atoms with Gasteiger partial charge in [-0.3, -0.25) is 9.48 Å². The summed E-state index contributed by atoms with van der Waals surface area (Å²) in [5.74, 6) is 1.39. The highest BCUT2D eigenvalue weighted by molar-refractivity contribution is 5.98. The van der Waals surface area contributed by atoms with E-state index in [2.05, 4.69) is 31.8 Å². The van der Waals surface area contributed by atoms with Gasteiger partial charge in [-0.1, -0.05) is 18.2 Å². The van der Waals surface area contributed by atoms with Crippen molar-refractivity contribution >= 4 is 17.6 Å². The van der Waals surface area contributed by atoms with Gasteiger partial charge in [0.1, 0.15) is 18.7 Å². The molecule has 0 bridgehead atoms. The summed E-state index contributed by atoms with van der Waals surface area (Å²) >= 11 is 0. The van der Waals surface area contributed by atoms with Crippen molar-refractivity contribution in [3.05, 3.63) is 42.0 Å². The van der Waals surface area contributed by atoms with Crippen molar-refractivity contribution in [1.82, 2.24) is 25.4 Å². The fourth-order valence-electron chi connectivity index (χ4n) is 2.81. The van der Waals surface area contributed by atoms with Gasteiger partial charge in [0.15, 0.2) is 5.96 Å². The number of para-hydroxylation sites is 1. The van der Waals surface area contributed by atoms with Crippen LogP contribution in [0.3, 0.4) is 0 Å². The van der Waals surface area contributed by atoms with E-state index in [1.54, 1.807) is 4.68 Å². The molecule has 3 rings (SSSR count). The van der Waals surface area contributed by atoms with Crippen LogP contribution in [0.1, 0.15) is 18.3 Å². The van der Waals surface area contributed by atoms with Gasteiger partial charge in [-0.05, 0) is 25.0 Å². The Morgan fingerprint density at radius 2 is 2.16 bits per heavy atom. The summed E-state index contributed by atoms with van der Waals surface area (Å²) < 4.78 is 1.68. The van der Waals surface area contributed by atoms with Crippen molar-refractivity contribution in [1.29, 1.82) is 0 Å². The zero-order valence-electron chi connectivity index (χ0n) is 14.6. The SMILES string of the molecule is CCNC(=NCc1ncnn1C)NCC(=O)N1CCc2ccccc21. The summed E-state index contributed by atoms with van der Waals surface area (Å²) in [6, 6.07) is 8.04. The van der Waals surface area contributed by atoms with Crippen molar-refractivity contribution in [3.8, 4) is 0 Å². The van der Waals surface area contributed by atoms with Crippen LogP contribution in [0.15, 0.2) is 35.6 Å². The summed E-state index contributed by atoms with van der Waals surface area (Å²) in [5.41, 5.74) is 2.23. The molecule has 0 fully saturated rings. The number of aryl methyl sites for hydroxylation is 1. The highest BCUT2D eigenvalue weighted by atomic mass is 16.2. The van der Waals surface area contributed by atoms with Crippen molar-refractivity contribution in [2.75, 3.05) is 24.5 Å². The van der Waals surface area contributed by atoms with Crippen LogP contribution in [0, 0.1) is 0 Å². The molecular weight excluding hydrogens is 318 g/mol. The first kappa shape index (κ1) is 16.9. The first-order valence-corrected chi connectivity index (χ1v) is 8.42. The number of amides is 1. The van der Waals surface area contributed by atoms with E-state index in [4.69, 9.17) is 0 Å². The predicted octanol–water partition coefficient (Wildman–Crippen LogP) is 0.460. The Morgan fingerprint density at radius 1 is 1.32 bits per heavy atom. The molecule has 8 heteroatoms. The van der Waals surface area contributed by atoms with Gasteiger partial charge in [0.25, 0.3) is 0 Å². The minimum Gasteiger partial charge on any atom is -0.357 e. The number of hydrogen-bond acceptors (Lipinski definition) is 4. The Labute approximate surface area is 147 Å². The van der Waals surface area contributed by atoms with Gasteiger partial charge >= 0.3 is 0 Å². The Hall–Kier alpha value is -2.90. The van der Waals surface area contributed by atoms with Crippen LogP contribution >= 0.6 is 0 Å². The quantitative estimate of drug-likeness (QED) is 0.609. The third-order valence-corrected chi connectivity index (χ3v) is 4.12. The smallest absolute Gasteiger partial charge is 0.246 e. The number of rotatable bonds is 5. The molecule has 1 aliphatic heterocycles. The average molecular weight is 341 g/mol. The molecule has 2 aromatic rings. The number of guanidine groups is 1. The van der Waals surface area contributed by atoms with Crippen molar-refractivity contribution in [2.45, 2.75) is 19.9 Å². The van der Waals surface area contributed by atoms with Crippen LogP contribution in [0.25, 0.3) is 0 Å². The van der Waals surface area contributed by atoms with E-state index in [0.717, 1.165) is 24.5 Å².